The Morgan fingerprint density at radius 1 is 1.03 bits per heavy atom. The van der Waals surface area contributed by atoms with Gasteiger partial charge < -0.3 is 14.2 Å². The third-order valence-electron chi connectivity index (χ3n) is 8.76. The minimum absolute atomic E-state index is 0.0153. The number of hydrogen-bond donors (Lipinski definition) is 0. The Morgan fingerprint density at radius 3 is 2.50 bits per heavy atom. The minimum Gasteiger partial charge on any atom is -0.501 e. The van der Waals surface area contributed by atoms with Crippen molar-refractivity contribution in [2.45, 2.75) is 51.4 Å². The number of piperidine rings is 1. The quantitative estimate of drug-likeness (QED) is 0.243. The van der Waals surface area contributed by atoms with Crippen molar-refractivity contribution >= 4 is 16.7 Å². The molecule has 0 amide bonds. The van der Waals surface area contributed by atoms with E-state index >= 15 is 0 Å². The van der Waals surface area contributed by atoms with Crippen LogP contribution in [0.5, 0.6) is 0 Å². The Balaban J connectivity index is 1.10. The highest BCUT2D eigenvalue weighted by Crippen LogP contribution is 2.57. The van der Waals surface area contributed by atoms with Crippen LogP contribution < -0.4 is 4.90 Å². The van der Waals surface area contributed by atoms with Crippen LogP contribution >= 0.6 is 0 Å². The van der Waals surface area contributed by atoms with E-state index in [9.17, 15) is 0 Å². The lowest BCUT2D eigenvalue weighted by Crippen LogP contribution is -2.46. The first kappa shape index (κ1) is 24.7. The molecule has 2 aromatic carbocycles. The molecule has 1 aliphatic heterocycles. The molecule has 1 saturated heterocycles. The van der Waals surface area contributed by atoms with E-state index in [0.717, 1.165) is 47.2 Å². The molecule has 1 spiro atoms. The van der Waals surface area contributed by atoms with Crippen molar-refractivity contribution in [3.63, 3.8) is 0 Å². The summed E-state index contributed by atoms with van der Waals surface area (Å²) >= 11 is 0. The van der Waals surface area contributed by atoms with Gasteiger partial charge in [-0.1, -0.05) is 62.0 Å². The maximum atomic E-state index is 5.76. The van der Waals surface area contributed by atoms with Crippen LogP contribution in [0.15, 0.2) is 77.5 Å². The second-order valence-electron chi connectivity index (χ2n) is 11.5. The van der Waals surface area contributed by atoms with Crippen LogP contribution in [0.4, 0.5) is 5.82 Å². The summed E-state index contributed by atoms with van der Waals surface area (Å²) in [5.41, 5.74) is 4.85. The first-order valence-corrected chi connectivity index (χ1v) is 13.7. The van der Waals surface area contributed by atoms with Gasteiger partial charge in [0.25, 0.3) is 0 Å². The molecule has 0 bridgehead atoms. The van der Waals surface area contributed by atoms with Crippen molar-refractivity contribution in [2.24, 2.45) is 11.3 Å². The number of nitrogens with zero attached hydrogens (tertiary/aromatic N) is 4. The molecular formula is C32H36N4O2. The predicted octanol–water partition coefficient (Wildman–Crippen LogP) is 7.35. The lowest BCUT2D eigenvalue weighted by atomic mass is 9.56. The molecule has 2 aromatic heterocycles. The van der Waals surface area contributed by atoms with Gasteiger partial charge in [-0.05, 0) is 66.7 Å². The maximum absolute atomic E-state index is 5.76. The minimum atomic E-state index is 0.0153. The second-order valence-corrected chi connectivity index (χ2v) is 11.5. The molecule has 1 unspecified atom stereocenters. The molecule has 1 atom stereocenters. The number of anilines is 1. The summed E-state index contributed by atoms with van der Waals surface area (Å²) in [5.74, 6) is 3.45. The molecular weight excluding hydrogens is 472 g/mol. The number of ether oxygens (including phenoxy) is 1. The average Bonchev–Trinajstić information content (AvgIpc) is 3.41. The molecule has 4 aromatic rings. The van der Waals surface area contributed by atoms with Gasteiger partial charge in [0.05, 0.1) is 30.0 Å². The number of aromatic nitrogens is 3. The molecule has 6 nitrogen and oxygen atoms in total. The SMILES string of the molecule is C=C(OC)C(c1cc(N2CCC3(CC2)CC(c2ccc4nnc(-c5ccccc5)cc4c2)C3)no1)C(C)C. The topological polar surface area (TPSA) is 64.3 Å². The molecule has 1 aliphatic carbocycles. The number of rotatable bonds is 7. The molecule has 3 heterocycles. The Kier molecular flexibility index (Phi) is 6.42. The van der Waals surface area contributed by atoms with Gasteiger partial charge in [-0.2, -0.15) is 0 Å². The summed E-state index contributed by atoms with van der Waals surface area (Å²) < 4.78 is 11.2. The van der Waals surface area contributed by atoms with Crippen molar-refractivity contribution in [3.05, 3.63) is 84.3 Å². The van der Waals surface area contributed by atoms with Crippen LogP contribution in [0.25, 0.3) is 22.2 Å². The maximum Gasteiger partial charge on any atom is 0.172 e. The van der Waals surface area contributed by atoms with Crippen molar-refractivity contribution in [2.75, 3.05) is 25.1 Å². The third-order valence-corrected chi connectivity index (χ3v) is 8.76. The summed E-state index contributed by atoms with van der Waals surface area (Å²) in [5, 5.41) is 14.5. The summed E-state index contributed by atoms with van der Waals surface area (Å²) in [4.78, 5) is 2.37. The highest BCUT2D eigenvalue weighted by atomic mass is 16.5. The Morgan fingerprint density at radius 2 is 1.79 bits per heavy atom. The number of hydrogen-bond acceptors (Lipinski definition) is 6. The monoisotopic (exact) mass is 508 g/mol. The fourth-order valence-electron chi connectivity index (χ4n) is 6.47. The normalized spacial score (nSPS) is 18.1. The Hall–Kier alpha value is -3.67. The molecule has 1 saturated carbocycles. The van der Waals surface area contributed by atoms with Crippen LogP contribution in [0.1, 0.15) is 62.7 Å². The first-order valence-electron chi connectivity index (χ1n) is 13.7. The number of methoxy groups -OCH3 is 1. The van der Waals surface area contributed by atoms with Gasteiger partial charge >= 0.3 is 0 Å². The fourth-order valence-corrected chi connectivity index (χ4v) is 6.47. The molecule has 2 aliphatic rings. The standard InChI is InChI=1S/C32H36N4O2/c1-21(2)31(22(3)37-4)29-18-30(35-38-29)36-14-12-32(13-15-36)19-26(20-32)24-10-11-27-25(16-24)17-28(34-33-27)23-8-6-5-7-9-23/h5-11,16-18,21,26,31H,3,12-15,19-20H2,1-2,4H3. The van der Waals surface area contributed by atoms with E-state index in [1.54, 1.807) is 7.11 Å². The first-order chi connectivity index (χ1) is 18.4. The number of allylic oxidation sites excluding steroid dienone is 1. The van der Waals surface area contributed by atoms with Crippen LogP contribution in [0, 0.1) is 11.3 Å². The van der Waals surface area contributed by atoms with Gasteiger partial charge in [0, 0.05) is 30.1 Å². The van der Waals surface area contributed by atoms with E-state index in [1.807, 2.05) is 18.2 Å². The Labute approximate surface area is 224 Å². The summed E-state index contributed by atoms with van der Waals surface area (Å²) in [6.07, 6.45) is 4.90. The van der Waals surface area contributed by atoms with Crippen molar-refractivity contribution in [1.29, 1.82) is 0 Å². The second kappa shape index (κ2) is 9.90. The van der Waals surface area contributed by atoms with E-state index in [0.29, 0.717) is 17.3 Å². The predicted molar refractivity (Wildman–Crippen MR) is 151 cm³/mol. The van der Waals surface area contributed by atoms with E-state index in [4.69, 9.17) is 9.26 Å². The molecule has 38 heavy (non-hydrogen) atoms. The highest BCUT2D eigenvalue weighted by molar-refractivity contribution is 5.82. The molecule has 2 fully saturated rings. The van der Waals surface area contributed by atoms with Gasteiger partial charge in [0.1, 0.15) is 5.76 Å². The van der Waals surface area contributed by atoms with Crippen molar-refractivity contribution < 1.29 is 9.26 Å². The van der Waals surface area contributed by atoms with Crippen LogP contribution in [0.2, 0.25) is 0 Å². The largest absolute Gasteiger partial charge is 0.501 e. The van der Waals surface area contributed by atoms with Crippen LogP contribution in [0.3, 0.4) is 0 Å². The van der Waals surface area contributed by atoms with Crippen LogP contribution in [-0.2, 0) is 4.74 Å². The fraction of sp³-hybridized carbons (Fsp3) is 0.406. The average molecular weight is 509 g/mol. The van der Waals surface area contributed by atoms with E-state index < -0.39 is 0 Å². The zero-order valence-corrected chi connectivity index (χ0v) is 22.6. The highest BCUT2D eigenvalue weighted by Gasteiger charge is 2.46. The van der Waals surface area contributed by atoms with Gasteiger partial charge in [0.15, 0.2) is 5.82 Å². The van der Waals surface area contributed by atoms with Crippen LogP contribution in [-0.4, -0.2) is 35.6 Å². The van der Waals surface area contributed by atoms with Gasteiger partial charge in [-0.15, -0.1) is 10.2 Å². The molecule has 0 N–H and O–H groups in total. The van der Waals surface area contributed by atoms with Gasteiger partial charge in [-0.3, -0.25) is 0 Å². The third kappa shape index (κ3) is 4.57. The summed E-state index contributed by atoms with van der Waals surface area (Å²) in [6.45, 7) is 10.4. The molecule has 0 radical (unpaired) electrons. The zero-order chi connectivity index (χ0) is 26.3. The summed E-state index contributed by atoms with van der Waals surface area (Å²) in [7, 11) is 1.67. The van der Waals surface area contributed by atoms with E-state index in [2.05, 4.69) is 83.1 Å². The lowest BCUT2D eigenvalue weighted by Gasteiger charge is -2.52. The molecule has 196 valence electrons. The van der Waals surface area contributed by atoms with Crippen molar-refractivity contribution in [1.82, 2.24) is 15.4 Å². The zero-order valence-electron chi connectivity index (χ0n) is 22.6. The van der Waals surface area contributed by atoms with Gasteiger partial charge in [-0.25, -0.2) is 0 Å². The Bertz CT molecular complexity index is 1430. The number of benzene rings is 2. The van der Waals surface area contributed by atoms with E-state index in [-0.39, 0.29) is 5.92 Å². The molecule has 6 heteroatoms. The van der Waals surface area contributed by atoms with Gasteiger partial charge in [0.2, 0.25) is 0 Å². The van der Waals surface area contributed by atoms with Crippen molar-refractivity contribution in [3.8, 4) is 11.3 Å². The smallest absolute Gasteiger partial charge is 0.172 e. The lowest BCUT2D eigenvalue weighted by molar-refractivity contribution is 0.0679. The summed E-state index contributed by atoms with van der Waals surface area (Å²) in [6, 6.07) is 21.2. The number of fused-ring (bicyclic) bond motifs is 1. The van der Waals surface area contributed by atoms with E-state index in [1.165, 1.54) is 36.6 Å². The molecule has 6 rings (SSSR count).